The summed E-state index contributed by atoms with van der Waals surface area (Å²) in [5.41, 5.74) is 1.34. The van der Waals surface area contributed by atoms with Crippen LogP contribution in [0.25, 0.3) is 0 Å². The lowest BCUT2D eigenvalue weighted by Gasteiger charge is -1.99. The summed E-state index contributed by atoms with van der Waals surface area (Å²) in [6.45, 7) is 1.50. The second kappa shape index (κ2) is 3.14. The summed E-state index contributed by atoms with van der Waals surface area (Å²) in [7, 11) is 0. The van der Waals surface area contributed by atoms with Crippen molar-refractivity contribution in [1.29, 1.82) is 0 Å². The van der Waals surface area contributed by atoms with Gasteiger partial charge in [0.2, 0.25) is 5.95 Å². The summed E-state index contributed by atoms with van der Waals surface area (Å²) in [5.74, 6) is -0.0805. The average Bonchev–Trinajstić information content (AvgIpc) is 2.03. The lowest BCUT2D eigenvalue weighted by Crippen LogP contribution is -2.17. The first-order valence-corrected chi connectivity index (χ1v) is 3.15. The van der Waals surface area contributed by atoms with E-state index < -0.39 is 5.56 Å². The largest absolute Gasteiger partial charge is 0.298 e. The first-order chi connectivity index (χ1) is 5.69. The molecule has 0 aromatic carbocycles. The Morgan fingerprint density at radius 1 is 1.67 bits per heavy atom. The van der Waals surface area contributed by atoms with E-state index in [9.17, 15) is 9.59 Å². The van der Waals surface area contributed by atoms with E-state index >= 15 is 0 Å². The SMILES string of the molecule is Cc1nc(NO)[nH]c(=O)c1C=O. The molecule has 0 saturated heterocycles. The van der Waals surface area contributed by atoms with Gasteiger partial charge in [0.05, 0.1) is 5.69 Å². The maximum absolute atomic E-state index is 11.0. The minimum absolute atomic E-state index is 0.0333. The third-order valence-corrected chi connectivity index (χ3v) is 1.37. The Kier molecular flexibility index (Phi) is 2.20. The minimum Gasteiger partial charge on any atom is -0.298 e. The fourth-order valence-corrected chi connectivity index (χ4v) is 0.787. The Balaban J connectivity index is 3.38. The van der Waals surface area contributed by atoms with E-state index in [4.69, 9.17) is 5.21 Å². The number of aldehydes is 1. The van der Waals surface area contributed by atoms with Gasteiger partial charge in [0.1, 0.15) is 5.56 Å². The highest BCUT2D eigenvalue weighted by atomic mass is 16.5. The number of hydrogen-bond acceptors (Lipinski definition) is 5. The Labute approximate surface area is 67.2 Å². The van der Waals surface area contributed by atoms with Crippen LogP contribution in [0.15, 0.2) is 4.79 Å². The second-order valence-electron chi connectivity index (χ2n) is 2.14. The molecule has 0 aliphatic rings. The third kappa shape index (κ3) is 1.32. The van der Waals surface area contributed by atoms with E-state index in [0.717, 1.165) is 0 Å². The molecule has 0 saturated carbocycles. The quantitative estimate of drug-likeness (QED) is 0.417. The Hall–Kier alpha value is -1.69. The van der Waals surface area contributed by atoms with Crippen LogP contribution in [0.2, 0.25) is 0 Å². The summed E-state index contributed by atoms with van der Waals surface area (Å²) in [4.78, 5) is 27.1. The molecule has 0 bridgehead atoms. The molecule has 12 heavy (non-hydrogen) atoms. The average molecular weight is 169 g/mol. The topological polar surface area (TPSA) is 95.1 Å². The van der Waals surface area contributed by atoms with Gasteiger partial charge in [-0.25, -0.2) is 10.5 Å². The Bertz CT molecular complexity index is 358. The molecule has 0 aliphatic carbocycles. The van der Waals surface area contributed by atoms with Gasteiger partial charge in [0.25, 0.3) is 5.56 Å². The maximum atomic E-state index is 11.0. The Morgan fingerprint density at radius 2 is 2.33 bits per heavy atom. The smallest absolute Gasteiger partial charge is 0.263 e. The van der Waals surface area contributed by atoms with Crippen LogP contribution >= 0.6 is 0 Å². The predicted octanol–water partition coefficient (Wildman–Crippen LogP) is -0.308. The summed E-state index contributed by atoms with van der Waals surface area (Å²) < 4.78 is 0. The summed E-state index contributed by atoms with van der Waals surface area (Å²) >= 11 is 0. The zero-order valence-electron chi connectivity index (χ0n) is 6.29. The molecule has 1 heterocycles. The fourth-order valence-electron chi connectivity index (χ4n) is 0.787. The number of aromatic amines is 1. The minimum atomic E-state index is -0.575. The molecule has 0 amide bonds. The molecule has 0 unspecified atom stereocenters. The van der Waals surface area contributed by atoms with Crippen LogP contribution in [0.5, 0.6) is 0 Å². The van der Waals surface area contributed by atoms with Gasteiger partial charge in [0, 0.05) is 0 Å². The van der Waals surface area contributed by atoms with Crippen molar-refractivity contribution in [3.8, 4) is 0 Å². The van der Waals surface area contributed by atoms with Crippen molar-refractivity contribution in [3.63, 3.8) is 0 Å². The molecular weight excluding hydrogens is 162 g/mol. The van der Waals surface area contributed by atoms with Crippen molar-refractivity contribution < 1.29 is 10.0 Å². The van der Waals surface area contributed by atoms with Gasteiger partial charge in [0.15, 0.2) is 6.29 Å². The van der Waals surface area contributed by atoms with E-state index in [0.29, 0.717) is 6.29 Å². The number of aryl methyl sites for hydroxylation is 1. The molecule has 0 radical (unpaired) electrons. The summed E-state index contributed by atoms with van der Waals surface area (Å²) in [5, 5.41) is 8.38. The van der Waals surface area contributed by atoms with Crippen LogP contribution in [0, 0.1) is 6.92 Å². The molecule has 1 rings (SSSR count). The van der Waals surface area contributed by atoms with Gasteiger partial charge in [-0.3, -0.25) is 19.8 Å². The number of aromatic nitrogens is 2. The zero-order chi connectivity index (χ0) is 9.14. The van der Waals surface area contributed by atoms with Gasteiger partial charge in [-0.15, -0.1) is 0 Å². The molecule has 6 heteroatoms. The molecule has 0 fully saturated rings. The molecule has 1 aromatic heterocycles. The monoisotopic (exact) mass is 169 g/mol. The van der Waals surface area contributed by atoms with Crippen LogP contribution in [0.1, 0.15) is 16.1 Å². The van der Waals surface area contributed by atoms with Crippen molar-refractivity contribution >= 4 is 12.2 Å². The number of H-pyrrole nitrogens is 1. The summed E-state index contributed by atoms with van der Waals surface area (Å²) in [6, 6.07) is 0. The molecule has 0 aliphatic heterocycles. The van der Waals surface area contributed by atoms with Crippen LogP contribution in [0.4, 0.5) is 5.95 Å². The molecule has 0 atom stereocenters. The van der Waals surface area contributed by atoms with Crippen LogP contribution in [-0.4, -0.2) is 21.5 Å². The standard InChI is InChI=1S/C6H7N3O3/c1-3-4(2-10)5(11)8-6(7-3)9-12/h2,12H,1H3,(H2,7,8,9,11). The number of anilines is 1. The van der Waals surface area contributed by atoms with Gasteiger partial charge in [-0.05, 0) is 6.92 Å². The van der Waals surface area contributed by atoms with E-state index in [2.05, 4.69) is 9.97 Å². The maximum Gasteiger partial charge on any atom is 0.263 e. The Morgan fingerprint density at radius 3 is 2.75 bits per heavy atom. The molecule has 3 N–H and O–H groups in total. The number of carbonyl (C=O) groups excluding carboxylic acids is 1. The van der Waals surface area contributed by atoms with Crippen LogP contribution in [0.3, 0.4) is 0 Å². The number of nitrogens with one attached hydrogen (secondary N) is 2. The first-order valence-electron chi connectivity index (χ1n) is 3.15. The molecule has 64 valence electrons. The molecule has 6 nitrogen and oxygen atoms in total. The van der Waals surface area contributed by atoms with Crippen molar-refractivity contribution in [3.05, 3.63) is 21.6 Å². The van der Waals surface area contributed by atoms with Crippen molar-refractivity contribution in [2.45, 2.75) is 6.92 Å². The number of rotatable bonds is 2. The zero-order valence-corrected chi connectivity index (χ0v) is 6.29. The van der Waals surface area contributed by atoms with Crippen LogP contribution < -0.4 is 11.0 Å². The highest BCUT2D eigenvalue weighted by molar-refractivity contribution is 5.75. The normalized spacial score (nSPS) is 9.50. The lowest BCUT2D eigenvalue weighted by atomic mass is 10.3. The van der Waals surface area contributed by atoms with Gasteiger partial charge in [-0.1, -0.05) is 0 Å². The van der Waals surface area contributed by atoms with Crippen LogP contribution in [-0.2, 0) is 0 Å². The number of carbonyl (C=O) groups is 1. The first kappa shape index (κ1) is 8.41. The lowest BCUT2D eigenvalue weighted by molar-refractivity contribution is 0.112. The second-order valence-corrected chi connectivity index (χ2v) is 2.14. The fraction of sp³-hybridized carbons (Fsp3) is 0.167. The van der Waals surface area contributed by atoms with E-state index in [1.54, 1.807) is 5.48 Å². The highest BCUT2D eigenvalue weighted by Crippen LogP contribution is 1.98. The third-order valence-electron chi connectivity index (χ3n) is 1.37. The van der Waals surface area contributed by atoms with E-state index in [-0.39, 0.29) is 17.2 Å². The molecule has 0 spiro atoms. The predicted molar refractivity (Wildman–Crippen MR) is 40.4 cm³/mol. The molecule has 1 aromatic rings. The van der Waals surface area contributed by atoms with Gasteiger partial charge >= 0.3 is 0 Å². The van der Waals surface area contributed by atoms with Gasteiger partial charge in [-0.2, -0.15) is 0 Å². The molecular formula is C6H7N3O3. The van der Waals surface area contributed by atoms with E-state index in [1.165, 1.54) is 6.92 Å². The van der Waals surface area contributed by atoms with Crippen molar-refractivity contribution in [1.82, 2.24) is 9.97 Å². The van der Waals surface area contributed by atoms with Crippen molar-refractivity contribution in [2.75, 3.05) is 5.48 Å². The number of hydrogen-bond donors (Lipinski definition) is 3. The van der Waals surface area contributed by atoms with Gasteiger partial charge < -0.3 is 0 Å². The summed E-state index contributed by atoms with van der Waals surface area (Å²) in [6.07, 6.45) is 0.419. The number of nitrogens with zero attached hydrogens (tertiary/aromatic N) is 1. The van der Waals surface area contributed by atoms with E-state index in [1.807, 2.05) is 0 Å². The highest BCUT2D eigenvalue weighted by Gasteiger charge is 2.05. The van der Waals surface area contributed by atoms with Crippen molar-refractivity contribution in [2.24, 2.45) is 0 Å².